The van der Waals surface area contributed by atoms with Crippen LogP contribution in [-0.2, 0) is 4.79 Å². The maximum Gasteiger partial charge on any atom is 0.224 e. The SMILES string of the molecule is CC(C)C(N)CC(=O)N1CCCC2CCCCC21. The van der Waals surface area contributed by atoms with Crippen LogP contribution in [0.4, 0.5) is 0 Å². The topological polar surface area (TPSA) is 46.3 Å². The Bertz CT molecular complexity index is 288. The minimum Gasteiger partial charge on any atom is -0.339 e. The number of carbonyl (C=O) groups is 1. The second kappa shape index (κ2) is 6.05. The molecule has 1 aliphatic carbocycles. The van der Waals surface area contributed by atoms with Crippen molar-refractivity contribution in [3.05, 3.63) is 0 Å². The van der Waals surface area contributed by atoms with Gasteiger partial charge in [-0.3, -0.25) is 4.79 Å². The number of rotatable bonds is 3. The first-order chi connectivity index (χ1) is 8.59. The van der Waals surface area contributed by atoms with Crippen LogP contribution in [0.15, 0.2) is 0 Å². The van der Waals surface area contributed by atoms with Gasteiger partial charge in [-0.1, -0.05) is 26.7 Å². The summed E-state index contributed by atoms with van der Waals surface area (Å²) in [6.07, 6.45) is 8.23. The van der Waals surface area contributed by atoms with Crippen molar-refractivity contribution >= 4 is 5.91 Å². The third-order valence-corrected chi connectivity index (χ3v) is 4.83. The number of nitrogens with zero attached hydrogens (tertiary/aromatic N) is 1. The Kier molecular flexibility index (Phi) is 4.66. The van der Waals surface area contributed by atoms with E-state index in [-0.39, 0.29) is 6.04 Å². The zero-order chi connectivity index (χ0) is 13.1. The fourth-order valence-corrected chi connectivity index (χ4v) is 3.49. The van der Waals surface area contributed by atoms with E-state index >= 15 is 0 Å². The van der Waals surface area contributed by atoms with E-state index in [2.05, 4.69) is 18.7 Å². The van der Waals surface area contributed by atoms with Crippen molar-refractivity contribution in [2.45, 2.75) is 70.9 Å². The number of nitrogens with two attached hydrogens (primary N) is 1. The predicted molar refractivity (Wildman–Crippen MR) is 74.1 cm³/mol. The van der Waals surface area contributed by atoms with Crippen LogP contribution in [0, 0.1) is 11.8 Å². The van der Waals surface area contributed by atoms with Crippen LogP contribution in [0.3, 0.4) is 0 Å². The summed E-state index contributed by atoms with van der Waals surface area (Å²) >= 11 is 0. The predicted octanol–water partition coefficient (Wildman–Crippen LogP) is 2.54. The number of fused-ring (bicyclic) bond motifs is 1. The number of amides is 1. The summed E-state index contributed by atoms with van der Waals surface area (Å²) in [6.45, 7) is 5.15. The summed E-state index contributed by atoms with van der Waals surface area (Å²) in [4.78, 5) is 14.6. The summed E-state index contributed by atoms with van der Waals surface area (Å²) < 4.78 is 0. The van der Waals surface area contributed by atoms with E-state index in [1.165, 1.54) is 38.5 Å². The number of likely N-dealkylation sites (tertiary alicyclic amines) is 1. The van der Waals surface area contributed by atoms with E-state index in [9.17, 15) is 4.79 Å². The van der Waals surface area contributed by atoms with Crippen molar-refractivity contribution in [2.24, 2.45) is 17.6 Å². The summed E-state index contributed by atoms with van der Waals surface area (Å²) in [5.41, 5.74) is 6.04. The lowest BCUT2D eigenvalue weighted by Crippen LogP contribution is -2.51. The minimum absolute atomic E-state index is 0.0152. The van der Waals surface area contributed by atoms with Gasteiger partial charge >= 0.3 is 0 Å². The summed E-state index contributed by atoms with van der Waals surface area (Å²) in [6, 6.07) is 0.542. The van der Waals surface area contributed by atoms with Gasteiger partial charge in [0.1, 0.15) is 0 Å². The largest absolute Gasteiger partial charge is 0.339 e. The van der Waals surface area contributed by atoms with Gasteiger partial charge in [-0.25, -0.2) is 0 Å². The second-order valence-corrected chi connectivity index (χ2v) is 6.45. The monoisotopic (exact) mass is 252 g/mol. The van der Waals surface area contributed by atoms with Crippen LogP contribution in [0.5, 0.6) is 0 Å². The first-order valence-corrected chi connectivity index (χ1v) is 7.64. The molecule has 0 aromatic rings. The molecule has 3 nitrogen and oxygen atoms in total. The van der Waals surface area contributed by atoms with Gasteiger partial charge in [-0.15, -0.1) is 0 Å². The highest BCUT2D eigenvalue weighted by atomic mass is 16.2. The fraction of sp³-hybridized carbons (Fsp3) is 0.933. The van der Waals surface area contributed by atoms with Crippen LogP contribution in [0.25, 0.3) is 0 Å². The lowest BCUT2D eigenvalue weighted by molar-refractivity contribution is -0.138. The van der Waals surface area contributed by atoms with Crippen molar-refractivity contribution in [1.82, 2.24) is 4.90 Å². The van der Waals surface area contributed by atoms with Crippen LogP contribution in [0.1, 0.15) is 58.8 Å². The molecule has 0 aromatic carbocycles. The Balaban J connectivity index is 1.95. The smallest absolute Gasteiger partial charge is 0.224 e. The van der Waals surface area contributed by atoms with Gasteiger partial charge in [0.2, 0.25) is 5.91 Å². The van der Waals surface area contributed by atoms with E-state index in [0.717, 1.165) is 12.5 Å². The molecule has 2 N–H and O–H groups in total. The van der Waals surface area contributed by atoms with Gasteiger partial charge in [0.05, 0.1) is 0 Å². The van der Waals surface area contributed by atoms with Crippen molar-refractivity contribution in [3.8, 4) is 0 Å². The second-order valence-electron chi connectivity index (χ2n) is 6.45. The molecule has 0 bridgehead atoms. The molecule has 1 heterocycles. The van der Waals surface area contributed by atoms with Crippen molar-refractivity contribution in [1.29, 1.82) is 0 Å². The van der Waals surface area contributed by atoms with E-state index in [0.29, 0.717) is 24.3 Å². The maximum atomic E-state index is 12.4. The van der Waals surface area contributed by atoms with Crippen LogP contribution in [-0.4, -0.2) is 29.4 Å². The number of hydrogen-bond donors (Lipinski definition) is 1. The van der Waals surface area contributed by atoms with Crippen molar-refractivity contribution < 1.29 is 4.79 Å². The van der Waals surface area contributed by atoms with E-state index < -0.39 is 0 Å². The molecular weight excluding hydrogens is 224 g/mol. The van der Waals surface area contributed by atoms with E-state index in [4.69, 9.17) is 5.73 Å². The highest BCUT2D eigenvalue weighted by molar-refractivity contribution is 5.77. The van der Waals surface area contributed by atoms with Gasteiger partial charge in [0.25, 0.3) is 0 Å². The number of piperidine rings is 1. The molecule has 3 atom stereocenters. The van der Waals surface area contributed by atoms with E-state index in [1.807, 2.05) is 0 Å². The first kappa shape index (κ1) is 13.9. The molecule has 104 valence electrons. The first-order valence-electron chi connectivity index (χ1n) is 7.64. The Labute approximate surface area is 111 Å². The zero-order valence-corrected chi connectivity index (χ0v) is 11.9. The molecule has 2 aliphatic rings. The normalized spacial score (nSPS) is 30.1. The van der Waals surface area contributed by atoms with Crippen LogP contribution < -0.4 is 5.73 Å². The molecule has 3 unspecified atom stereocenters. The third-order valence-electron chi connectivity index (χ3n) is 4.83. The Morgan fingerprint density at radius 3 is 2.61 bits per heavy atom. The quantitative estimate of drug-likeness (QED) is 0.839. The maximum absolute atomic E-state index is 12.4. The van der Waals surface area contributed by atoms with Gasteiger partial charge < -0.3 is 10.6 Å². The average Bonchev–Trinajstić information content (AvgIpc) is 2.37. The molecular formula is C15H28N2O. The minimum atomic E-state index is 0.0152. The fourth-order valence-electron chi connectivity index (χ4n) is 3.49. The van der Waals surface area contributed by atoms with E-state index in [1.54, 1.807) is 0 Å². The average molecular weight is 252 g/mol. The van der Waals surface area contributed by atoms with Crippen molar-refractivity contribution in [2.75, 3.05) is 6.54 Å². The van der Waals surface area contributed by atoms with Crippen LogP contribution in [0.2, 0.25) is 0 Å². The van der Waals surface area contributed by atoms with Crippen LogP contribution >= 0.6 is 0 Å². The molecule has 2 fully saturated rings. The van der Waals surface area contributed by atoms with Crippen molar-refractivity contribution in [3.63, 3.8) is 0 Å². The van der Waals surface area contributed by atoms with Gasteiger partial charge in [0.15, 0.2) is 0 Å². The molecule has 2 rings (SSSR count). The summed E-state index contributed by atoms with van der Waals surface area (Å²) in [7, 11) is 0. The Morgan fingerprint density at radius 2 is 1.89 bits per heavy atom. The molecule has 0 spiro atoms. The lowest BCUT2D eigenvalue weighted by atomic mass is 9.78. The summed E-state index contributed by atoms with van der Waals surface area (Å²) in [5, 5.41) is 0. The molecule has 1 amide bonds. The molecule has 0 radical (unpaired) electrons. The molecule has 0 aromatic heterocycles. The zero-order valence-electron chi connectivity index (χ0n) is 11.9. The van der Waals surface area contributed by atoms with Gasteiger partial charge in [0, 0.05) is 25.0 Å². The number of carbonyl (C=O) groups excluding carboxylic acids is 1. The Morgan fingerprint density at radius 1 is 1.22 bits per heavy atom. The van der Waals surface area contributed by atoms with Gasteiger partial charge in [-0.2, -0.15) is 0 Å². The standard InChI is InChI=1S/C15H28N2O/c1-11(2)13(16)10-15(18)17-9-5-7-12-6-3-4-8-14(12)17/h11-14H,3-10,16H2,1-2H3. The molecule has 1 saturated heterocycles. The molecule has 18 heavy (non-hydrogen) atoms. The highest BCUT2D eigenvalue weighted by Crippen LogP contribution is 2.35. The molecule has 1 saturated carbocycles. The Hall–Kier alpha value is -0.570. The highest BCUT2D eigenvalue weighted by Gasteiger charge is 2.35. The molecule has 1 aliphatic heterocycles. The third kappa shape index (κ3) is 3.05. The lowest BCUT2D eigenvalue weighted by Gasteiger charge is -2.44. The molecule has 3 heteroatoms. The number of hydrogen-bond acceptors (Lipinski definition) is 2. The van der Waals surface area contributed by atoms with Gasteiger partial charge in [-0.05, 0) is 37.5 Å². The summed E-state index contributed by atoms with van der Waals surface area (Å²) in [5.74, 6) is 1.46.